The van der Waals surface area contributed by atoms with Crippen molar-refractivity contribution in [1.82, 2.24) is 0 Å². The average molecular weight is 280 g/mol. The fourth-order valence-electron chi connectivity index (χ4n) is 1.39. The van der Waals surface area contributed by atoms with Crippen molar-refractivity contribution in [3.05, 3.63) is 85.3 Å². The molecule has 0 amide bonds. The molecular formula is C19H24N2. The topological polar surface area (TPSA) is 24.7 Å². The number of aliphatic imine (C=N–C) groups is 2. The summed E-state index contributed by atoms with van der Waals surface area (Å²) in [7, 11) is 0. The van der Waals surface area contributed by atoms with Gasteiger partial charge in [0.25, 0.3) is 0 Å². The van der Waals surface area contributed by atoms with Gasteiger partial charge in [-0.1, -0.05) is 56.2 Å². The molecule has 0 radical (unpaired) electrons. The van der Waals surface area contributed by atoms with Crippen molar-refractivity contribution in [3.8, 4) is 0 Å². The summed E-state index contributed by atoms with van der Waals surface area (Å²) in [6, 6.07) is 0. The van der Waals surface area contributed by atoms with Gasteiger partial charge in [-0.25, -0.2) is 4.99 Å². The van der Waals surface area contributed by atoms with Gasteiger partial charge in [0.2, 0.25) is 0 Å². The zero-order valence-corrected chi connectivity index (χ0v) is 13.2. The van der Waals surface area contributed by atoms with Crippen molar-refractivity contribution in [2.45, 2.75) is 20.8 Å². The Morgan fingerprint density at radius 2 is 1.52 bits per heavy atom. The monoisotopic (exact) mass is 280 g/mol. The van der Waals surface area contributed by atoms with E-state index >= 15 is 0 Å². The Balaban J connectivity index is 5.61. The van der Waals surface area contributed by atoms with E-state index in [0.29, 0.717) is 17.1 Å². The Morgan fingerprint density at radius 3 is 2.05 bits per heavy atom. The van der Waals surface area contributed by atoms with Crippen molar-refractivity contribution in [1.29, 1.82) is 0 Å². The van der Waals surface area contributed by atoms with Crippen LogP contribution in [0.4, 0.5) is 0 Å². The van der Waals surface area contributed by atoms with E-state index in [2.05, 4.69) is 29.7 Å². The van der Waals surface area contributed by atoms with E-state index in [4.69, 9.17) is 0 Å². The van der Waals surface area contributed by atoms with Crippen LogP contribution in [0.25, 0.3) is 0 Å². The third-order valence-electron chi connectivity index (χ3n) is 2.32. The van der Waals surface area contributed by atoms with Gasteiger partial charge in [0.05, 0.1) is 23.3 Å². The highest BCUT2D eigenvalue weighted by Crippen LogP contribution is 2.06. The maximum Gasteiger partial charge on any atom is 0.0891 e. The maximum atomic E-state index is 4.47. The third-order valence-corrected chi connectivity index (χ3v) is 2.32. The highest BCUT2D eigenvalue weighted by atomic mass is 14.8. The van der Waals surface area contributed by atoms with E-state index in [-0.39, 0.29) is 0 Å². The van der Waals surface area contributed by atoms with E-state index in [9.17, 15) is 0 Å². The van der Waals surface area contributed by atoms with E-state index in [1.165, 1.54) is 0 Å². The van der Waals surface area contributed by atoms with E-state index in [0.717, 1.165) is 5.57 Å². The summed E-state index contributed by atoms with van der Waals surface area (Å²) in [5.74, 6) is 0. The van der Waals surface area contributed by atoms with Gasteiger partial charge in [0.15, 0.2) is 0 Å². The molecule has 0 unspecified atom stereocenters. The first-order chi connectivity index (χ1) is 10.1. The molecule has 0 rings (SSSR count). The molecule has 2 heteroatoms. The zero-order valence-electron chi connectivity index (χ0n) is 13.2. The van der Waals surface area contributed by atoms with E-state index in [1.54, 1.807) is 12.3 Å². The average Bonchev–Trinajstić information content (AvgIpc) is 2.45. The lowest BCUT2D eigenvalue weighted by atomic mass is 10.1. The van der Waals surface area contributed by atoms with Crippen molar-refractivity contribution in [2.24, 2.45) is 9.98 Å². The Hall–Kier alpha value is -2.48. The number of hydrogen-bond acceptors (Lipinski definition) is 2. The normalized spacial score (nSPS) is 13.9. The summed E-state index contributed by atoms with van der Waals surface area (Å²) in [4.78, 5) is 8.76. The minimum Gasteiger partial charge on any atom is -0.255 e. The first-order valence-corrected chi connectivity index (χ1v) is 6.80. The second-order valence-corrected chi connectivity index (χ2v) is 4.09. The Morgan fingerprint density at radius 1 is 0.905 bits per heavy atom. The van der Waals surface area contributed by atoms with Gasteiger partial charge >= 0.3 is 0 Å². The molecule has 0 atom stereocenters. The molecule has 0 aliphatic rings. The molecule has 21 heavy (non-hydrogen) atoms. The number of nitrogens with zero attached hydrogens (tertiary/aromatic N) is 2. The summed E-state index contributed by atoms with van der Waals surface area (Å²) in [6.07, 6.45) is 16.7. The lowest BCUT2D eigenvalue weighted by molar-refractivity contribution is 1.41. The van der Waals surface area contributed by atoms with Crippen LogP contribution in [-0.2, 0) is 0 Å². The molecule has 0 N–H and O–H groups in total. The molecule has 0 aliphatic heterocycles. The molecule has 0 aliphatic carbocycles. The van der Waals surface area contributed by atoms with Crippen LogP contribution in [-0.4, -0.2) is 11.9 Å². The van der Waals surface area contributed by atoms with Crippen molar-refractivity contribution < 1.29 is 0 Å². The third kappa shape index (κ3) is 8.32. The highest BCUT2D eigenvalue weighted by molar-refractivity contribution is 6.39. The van der Waals surface area contributed by atoms with Crippen molar-refractivity contribution in [2.75, 3.05) is 0 Å². The van der Waals surface area contributed by atoms with Gasteiger partial charge < -0.3 is 0 Å². The summed E-state index contributed by atoms with van der Waals surface area (Å²) in [5.41, 5.74) is 2.88. The minimum absolute atomic E-state index is 0.656. The summed E-state index contributed by atoms with van der Waals surface area (Å²) in [5, 5.41) is 0. The molecule has 0 saturated carbocycles. The molecule has 0 saturated heterocycles. The number of hydrogen-bond donors (Lipinski definition) is 0. The van der Waals surface area contributed by atoms with E-state index < -0.39 is 0 Å². The van der Waals surface area contributed by atoms with Crippen LogP contribution in [0.1, 0.15) is 20.8 Å². The standard InChI is InChI=1S/C19H24N2/c1-7-11-14-18(10-4)19(21-17(6)13-9-3)15-20-16(5)12-8-2/h7-15H,4-6H2,1-3H3/b11-7-,12-8-,13-9-,18-14+,20-15-,21-19+. The van der Waals surface area contributed by atoms with Gasteiger partial charge in [0, 0.05) is 5.57 Å². The molecule has 0 aromatic heterocycles. The summed E-state index contributed by atoms with van der Waals surface area (Å²) < 4.78 is 0. The number of rotatable bonds is 8. The lowest BCUT2D eigenvalue weighted by Gasteiger charge is -2.02. The van der Waals surface area contributed by atoms with Crippen molar-refractivity contribution in [3.63, 3.8) is 0 Å². The van der Waals surface area contributed by atoms with Crippen molar-refractivity contribution >= 4 is 11.9 Å². The van der Waals surface area contributed by atoms with Gasteiger partial charge in [-0.3, -0.25) is 4.99 Å². The van der Waals surface area contributed by atoms with Crippen LogP contribution < -0.4 is 0 Å². The van der Waals surface area contributed by atoms with Crippen LogP contribution in [0.2, 0.25) is 0 Å². The van der Waals surface area contributed by atoms with Gasteiger partial charge in [0.1, 0.15) is 0 Å². The van der Waals surface area contributed by atoms with Crippen LogP contribution >= 0.6 is 0 Å². The molecule has 0 fully saturated rings. The Bertz CT molecular complexity index is 550. The summed E-state index contributed by atoms with van der Waals surface area (Å²) in [6.45, 7) is 17.4. The zero-order chi connectivity index (χ0) is 16.1. The molecule has 110 valence electrons. The lowest BCUT2D eigenvalue weighted by Crippen LogP contribution is -2.03. The Kier molecular flexibility index (Phi) is 10.0. The molecule has 0 aromatic rings. The first kappa shape index (κ1) is 18.5. The maximum absolute atomic E-state index is 4.47. The van der Waals surface area contributed by atoms with Crippen LogP contribution in [0.5, 0.6) is 0 Å². The minimum atomic E-state index is 0.656. The quantitative estimate of drug-likeness (QED) is 0.422. The molecule has 0 heterocycles. The molecular weight excluding hydrogens is 256 g/mol. The van der Waals surface area contributed by atoms with Crippen LogP contribution in [0.3, 0.4) is 0 Å². The predicted molar refractivity (Wildman–Crippen MR) is 96.9 cm³/mol. The SMILES string of the molecule is C=CC(=C\C=C/C)/C(/C=N\C(=C)/C=C\C)=N/C(=C)/C=C\C. The second-order valence-electron chi connectivity index (χ2n) is 4.09. The largest absolute Gasteiger partial charge is 0.255 e. The van der Waals surface area contributed by atoms with Gasteiger partial charge in [-0.2, -0.15) is 0 Å². The fourth-order valence-corrected chi connectivity index (χ4v) is 1.39. The molecule has 0 spiro atoms. The summed E-state index contributed by atoms with van der Waals surface area (Å²) >= 11 is 0. The number of allylic oxidation sites excluding steroid dienone is 9. The molecule has 0 bridgehead atoms. The van der Waals surface area contributed by atoms with Crippen LogP contribution in [0.15, 0.2) is 95.3 Å². The van der Waals surface area contributed by atoms with Gasteiger partial charge in [-0.05, 0) is 32.9 Å². The van der Waals surface area contributed by atoms with Crippen LogP contribution in [0, 0.1) is 0 Å². The Labute approximate surface area is 128 Å². The molecule has 0 aromatic carbocycles. The first-order valence-electron chi connectivity index (χ1n) is 6.80. The highest BCUT2D eigenvalue weighted by Gasteiger charge is 2.01. The second kappa shape index (κ2) is 11.4. The van der Waals surface area contributed by atoms with Gasteiger partial charge in [-0.15, -0.1) is 0 Å². The van der Waals surface area contributed by atoms with E-state index in [1.807, 2.05) is 63.3 Å². The smallest absolute Gasteiger partial charge is 0.0891 e. The molecule has 2 nitrogen and oxygen atoms in total. The predicted octanol–water partition coefficient (Wildman–Crippen LogP) is 5.37. The fraction of sp³-hybridized carbons (Fsp3) is 0.158.